The van der Waals surface area contributed by atoms with Crippen LogP contribution in [0.3, 0.4) is 0 Å². The summed E-state index contributed by atoms with van der Waals surface area (Å²) >= 11 is 0. The van der Waals surface area contributed by atoms with E-state index in [1.807, 2.05) is 0 Å². The summed E-state index contributed by atoms with van der Waals surface area (Å²) in [6, 6.07) is 0. The van der Waals surface area contributed by atoms with Gasteiger partial charge in [0, 0.05) is 0 Å². The molecule has 0 rings (SSSR count). The zero-order valence-electron chi connectivity index (χ0n) is 18.1. The van der Waals surface area contributed by atoms with Crippen molar-refractivity contribution in [2.45, 2.75) is 122 Å². The van der Waals surface area contributed by atoms with Gasteiger partial charge in [-0.25, -0.2) is 0 Å². The SMILES string of the molecule is CCCCCCCC/C=C\CCCCCCCCNCCCCCCN. The fourth-order valence-corrected chi connectivity index (χ4v) is 3.37. The van der Waals surface area contributed by atoms with E-state index in [4.69, 9.17) is 5.73 Å². The molecule has 0 aromatic rings. The predicted octanol–water partition coefficient (Wildman–Crippen LogP) is 7.13. The Morgan fingerprint density at radius 1 is 0.538 bits per heavy atom. The van der Waals surface area contributed by atoms with Crippen LogP contribution >= 0.6 is 0 Å². The Hall–Kier alpha value is -0.340. The second kappa shape index (κ2) is 24.7. The maximum absolute atomic E-state index is 5.50. The normalized spacial score (nSPS) is 11.6. The average Bonchev–Trinajstić information content (AvgIpc) is 2.66. The van der Waals surface area contributed by atoms with Gasteiger partial charge in [0.1, 0.15) is 0 Å². The zero-order chi connectivity index (χ0) is 19.0. The molecule has 26 heavy (non-hydrogen) atoms. The van der Waals surface area contributed by atoms with Gasteiger partial charge in [0.2, 0.25) is 0 Å². The molecule has 0 amide bonds. The first-order chi connectivity index (χ1) is 12.9. The van der Waals surface area contributed by atoms with E-state index in [9.17, 15) is 0 Å². The molecular formula is C24H50N2. The van der Waals surface area contributed by atoms with Crippen molar-refractivity contribution in [3.8, 4) is 0 Å². The molecule has 0 saturated carbocycles. The van der Waals surface area contributed by atoms with E-state index in [1.165, 1.54) is 129 Å². The van der Waals surface area contributed by atoms with Gasteiger partial charge in [-0.05, 0) is 64.6 Å². The maximum atomic E-state index is 5.50. The Kier molecular flexibility index (Phi) is 24.3. The number of unbranched alkanes of at least 4 members (excludes halogenated alkanes) is 15. The first-order valence-corrected chi connectivity index (χ1v) is 12.0. The van der Waals surface area contributed by atoms with Crippen molar-refractivity contribution in [1.82, 2.24) is 5.32 Å². The van der Waals surface area contributed by atoms with Gasteiger partial charge in [-0.2, -0.15) is 0 Å². The van der Waals surface area contributed by atoms with E-state index >= 15 is 0 Å². The van der Waals surface area contributed by atoms with E-state index in [1.54, 1.807) is 0 Å². The Labute approximate surface area is 165 Å². The molecule has 0 aliphatic heterocycles. The van der Waals surface area contributed by atoms with Crippen LogP contribution in [0.15, 0.2) is 12.2 Å². The molecule has 0 aliphatic carbocycles. The van der Waals surface area contributed by atoms with E-state index in [-0.39, 0.29) is 0 Å². The Morgan fingerprint density at radius 2 is 0.962 bits per heavy atom. The number of nitrogens with one attached hydrogen (secondary N) is 1. The summed E-state index contributed by atoms with van der Waals surface area (Å²) in [5.74, 6) is 0. The largest absolute Gasteiger partial charge is 0.330 e. The van der Waals surface area contributed by atoms with Crippen LogP contribution in [-0.2, 0) is 0 Å². The molecule has 0 saturated heterocycles. The minimum absolute atomic E-state index is 0.850. The molecule has 2 heteroatoms. The molecule has 0 bridgehead atoms. The third-order valence-electron chi connectivity index (χ3n) is 5.17. The first kappa shape index (κ1) is 25.7. The van der Waals surface area contributed by atoms with Crippen LogP contribution in [0.2, 0.25) is 0 Å². The van der Waals surface area contributed by atoms with Crippen molar-refractivity contribution in [2.75, 3.05) is 19.6 Å². The molecule has 0 fully saturated rings. The fraction of sp³-hybridized carbons (Fsp3) is 0.917. The number of nitrogens with two attached hydrogens (primary N) is 1. The molecule has 0 aliphatic rings. The van der Waals surface area contributed by atoms with Gasteiger partial charge in [-0.3, -0.25) is 0 Å². The van der Waals surface area contributed by atoms with Crippen LogP contribution in [-0.4, -0.2) is 19.6 Å². The zero-order valence-corrected chi connectivity index (χ0v) is 18.1. The molecule has 0 radical (unpaired) electrons. The van der Waals surface area contributed by atoms with Crippen molar-refractivity contribution in [1.29, 1.82) is 0 Å². The summed E-state index contributed by atoms with van der Waals surface area (Å²) in [5.41, 5.74) is 5.50. The number of hydrogen-bond acceptors (Lipinski definition) is 2. The summed E-state index contributed by atoms with van der Waals surface area (Å²) in [6.07, 6.45) is 29.4. The van der Waals surface area contributed by atoms with Gasteiger partial charge in [-0.15, -0.1) is 0 Å². The van der Waals surface area contributed by atoms with Crippen LogP contribution in [0.5, 0.6) is 0 Å². The lowest BCUT2D eigenvalue weighted by atomic mass is 10.1. The summed E-state index contributed by atoms with van der Waals surface area (Å²) in [7, 11) is 0. The van der Waals surface area contributed by atoms with E-state index in [2.05, 4.69) is 24.4 Å². The predicted molar refractivity (Wildman–Crippen MR) is 120 cm³/mol. The molecule has 0 unspecified atom stereocenters. The van der Waals surface area contributed by atoms with E-state index in [0.717, 1.165) is 6.54 Å². The maximum Gasteiger partial charge on any atom is -0.00489 e. The Balaban J connectivity index is 3.03. The highest BCUT2D eigenvalue weighted by Gasteiger charge is 1.93. The lowest BCUT2D eigenvalue weighted by Crippen LogP contribution is -2.16. The van der Waals surface area contributed by atoms with Crippen LogP contribution in [0, 0.1) is 0 Å². The molecule has 2 nitrogen and oxygen atoms in total. The fourth-order valence-electron chi connectivity index (χ4n) is 3.37. The standard InChI is InChI=1S/C24H50N2/c1-2-3-4-5-6-7-8-9-10-11-12-13-14-15-17-20-23-26-24-21-18-16-19-22-25/h9-10,26H,2-8,11-25H2,1H3/b10-9-. The molecule has 0 atom stereocenters. The molecular weight excluding hydrogens is 316 g/mol. The Bertz CT molecular complexity index is 263. The quantitative estimate of drug-likeness (QED) is 0.158. The number of hydrogen-bond donors (Lipinski definition) is 2. The third-order valence-corrected chi connectivity index (χ3v) is 5.17. The number of rotatable bonds is 22. The highest BCUT2D eigenvalue weighted by Crippen LogP contribution is 2.09. The second-order valence-corrected chi connectivity index (χ2v) is 7.89. The van der Waals surface area contributed by atoms with E-state index < -0.39 is 0 Å². The lowest BCUT2D eigenvalue weighted by molar-refractivity contribution is 0.547. The van der Waals surface area contributed by atoms with Gasteiger partial charge >= 0.3 is 0 Å². The minimum Gasteiger partial charge on any atom is -0.330 e. The van der Waals surface area contributed by atoms with Gasteiger partial charge < -0.3 is 11.1 Å². The van der Waals surface area contributed by atoms with Crippen LogP contribution in [0.4, 0.5) is 0 Å². The average molecular weight is 367 g/mol. The van der Waals surface area contributed by atoms with E-state index in [0.29, 0.717) is 0 Å². The molecule has 0 heterocycles. The topological polar surface area (TPSA) is 38.0 Å². The lowest BCUT2D eigenvalue weighted by Gasteiger charge is -2.05. The molecule has 3 N–H and O–H groups in total. The smallest absolute Gasteiger partial charge is 0.00489 e. The molecule has 0 spiro atoms. The highest BCUT2D eigenvalue weighted by molar-refractivity contribution is 4.81. The van der Waals surface area contributed by atoms with Crippen molar-refractivity contribution < 1.29 is 0 Å². The monoisotopic (exact) mass is 366 g/mol. The molecule has 0 aromatic heterocycles. The highest BCUT2D eigenvalue weighted by atomic mass is 14.8. The summed E-state index contributed by atoms with van der Waals surface area (Å²) < 4.78 is 0. The third kappa shape index (κ3) is 23.7. The van der Waals surface area contributed by atoms with Crippen LogP contribution in [0.1, 0.15) is 122 Å². The first-order valence-electron chi connectivity index (χ1n) is 12.0. The van der Waals surface area contributed by atoms with Crippen LogP contribution < -0.4 is 11.1 Å². The van der Waals surface area contributed by atoms with Crippen molar-refractivity contribution >= 4 is 0 Å². The van der Waals surface area contributed by atoms with Gasteiger partial charge in [-0.1, -0.05) is 89.7 Å². The summed E-state index contributed by atoms with van der Waals surface area (Å²) in [4.78, 5) is 0. The summed E-state index contributed by atoms with van der Waals surface area (Å²) in [6.45, 7) is 5.53. The molecule has 0 aromatic carbocycles. The van der Waals surface area contributed by atoms with Crippen molar-refractivity contribution in [2.24, 2.45) is 5.73 Å². The molecule has 156 valence electrons. The van der Waals surface area contributed by atoms with Gasteiger partial charge in [0.25, 0.3) is 0 Å². The van der Waals surface area contributed by atoms with Gasteiger partial charge in [0.05, 0.1) is 0 Å². The van der Waals surface area contributed by atoms with Crippen molar-refractivity contribution in [3.63, 3.8) is 0 Å². The Morgan fingerprint density at radius 3 is 1.46 bits per heavy atom. The van der Waals surface area contributed by atoms with Crippen LogP contribution in [0.25, 0.3) is 0 Å². The number of allylic oxidation sites excluding steroid dienone is 2. The minimum atomic E-state index is 0.850. The van der Waals surface area contributed by atoms with Gasteiger partial charge in [0.15, 0.2) is 0 Å². The summed E-state index contributed by atoms with van der Waals surface area (Å²) in [5, 5.41) is 3.57. The van der Waals surface area contributed by atoms with Crippen molar-refractivity contribution in [3.05, 3.63) is 12.2 Å². The second-order valence-electron chi connectivity index (χ2n) is 7.89.